The number of benzene rings is 3. The topological polar surface area (TPSA) is 80.8 Å². The number of nitrogens with one attached hydrogen (secondary N) is 2. The Morgan fingerprint density at radius 1 is 1.10 bits per heavy atom. The summed E-state index contributed by atoms with van der Waals surface area (Å²) in [6, 6.07) is 22.2. The number of rotatable bonds is 5. The van der Waals surface area contributed by atoms with Gasteiger partial charge in [0.05, 0.1) is 25.4 Å². The number of amides is 2. The Morgan fingerprint density at radius 2 is 1.85 bits per heavy atom. The summed E-state index contributed by atoms with van der Waals surface area (Å²) in [6.07, 6.45) is 1.51. The molecule has 1 fully saturated rings. The van der Waals surface area contributed by atoms with Crippen LogP contribution in [0.3, 0.4) is 0 Å². The minimum atomic E-state index is -0.447. The molecule has 3 N–H and O–H groups in total. The van der Waals surface area contributed by atoms with Gasteiger partial charge in [0.15, 0.2) is 0 Å². The first kappa shape index (κ1) is 25.4. The largest absolute Gasteiger partial charge is 0.497 e. The van der Waals surface area contributed by atoms with Gasteiger partial charge >= 0.3 is 6.03 Å². The van der Waals surface area contributed by atoms with Crippen molar-refractivity contribution in [3.63, 3.8) is 0 Å². The number of para-hydroxylation sites is 1. The Balaban J connectivity index is 1.34. The number of halogens is 1. The van der Waals surface area contributed by atoms with Crippen LogP contribution in [0.25, 0.3) is 10.9 Å². The average molecular weight is 529 g/mol. The standard InChI is InChI=1S/C31H33FN4O3/c1-39-22-11-12-23-26(17-22)33-29-27(19-37)36(18-21-7-3-2-4-8-21)20-31(28(23)29)13-15-35(16-14-31)30(38)34-25-10-6-5-9-24(25)32/h2-12,17,27,33,37H,13-16,18-20H2,1H3,(H,34,38)/t27-/m0/s1. The van der Waals surface area contributed by atoms with E-state index in [2.05, 4.69) is 33.4 Å². The number of likely N-dealkylation sites (tertiary alicyclic amines) is 1. The van der Waals surface area contributed by atoms with Crippen molar-refractivity contribution in [2.45, 2.75) is 30.8 Å². The molecular weight excluding hydrogens is 495 g/mol. The third-order valence-electron chi connectivity index (χ3n) is 8.37. The van der Waals surface area contributed by atoms with Gasteiger partial charge in [0, 0.05) is 54.3 Å². The molecule has 1 aromatic heterocycles. The van der Waals surface area contributed by atoms with Crippen LogP contribution in [0.15, 0.2) is 72.8 Å². The molecular formula is C31H33FN4O3. The Kier molecular flexibility index (Phi) is 6.74. The molecule has 4 aromatic rings. The van der Waals surface area contributed by atoms with Gasteiger partial charge in [0.2, 0.25) is 0 Å². The molecule has 6 rings (SSSR count). The lowest BCUT2D eigenvalue weighted by Crippen LogP contribution is -2.54. The number of fused-ring (bicyclic) bond motifs is 4. The number of H-pyrrole nitrogens is 1. The monoisotopic (exact) mass is 528 g/mol. The Morgan fingerprint density at radius 3 is 2.56 bits per heavy atom. The van der Waals surface area contributed by atoms with Crippen LogP contribution < -0.4 is 10.1 Å². The number of aliphatic hydroxyl groups is 1. The van der Waals surface area contributed by atoms with Crippen molar-refractivity contribution >= 4 is 22.6 Å². The molecule has 0 unspecified atom stereocenters. The number of urea groups is 1. The van der Waals surface area contributed by atoms with Gasteiger partial charge in [-0.25, -0.2) is 9.18 Å². The third kappa shape index (κ3) is 4.64. The van der Waals surface area contributed by atoms with Gasteiger partial charge in [-0.05, 0) is 48.2 Å². The first-order valence-corrected chi connectivity index (χ1v) is 13.4. The molecule has 39 heavy (non-hydrogen) atoms. The highest BCUT2D eigenvalue weighted by atomic mass is 19.1. The number of aromatic nitrogens is 1. The quantitative estimate of drug-likeness (QED) is 0.323. The van der Waals surface area contributed by atoms with E-state index in [0.29, 0.717) is 19.6 Å². The average Bonchev–Trinajstić information content (AvgIpc) is 3.35. The maximum absolute atomic E-state index is 14.2. The molecule has 2 aliphatic rings. The van der Waals surface area contributed by atoms with E-state index in [0.717, 1.165) is 41.7 Å². The van der Waals surface area contributed by atoms with Crippen LogP contribution in [0.2, 0.25) is 0 Å². The number of methoxy groups -OCH3 is 1. The first-order valence-electron chi connectivity index (χ1n) is 13.4. The summed E-state index contributed by atoms with van der Waals surface area (Å²) in [6.45, 7) is 2.57. The zero-order chi connectivity index (χ0) is 27.0. The van der Waals surface area contributed by atoms with Crippen LogP contribution >= 0.6 is 0 Å². The normalized spacial score (nSPS) is 18.7. The van der Waals surface area contributed by atoms with Gasteiger partial charge < -0.3 is 25.0 Å². The van der Waals surface area contributed by atoms with Gasteiger partial charge in [-0.1, -0.05) is 42.5 Å². The van der Waals surface area contributed by atoms with Crippen molar-refractivity contribution in [3.05, 3.63) is 95.4 Å². The lowest BCUT2D eigenvalue weighted by atomic mass is 9.68. The molecule has 0 aliphatic carbocycles. The summed E-state index contributed by atoms with van der Waals surface area (Å²) in [7, 11) is 1.66. The second kappa shape index (κ2) is 10.4. The van der Waals surface area contributed by atoms with Crippen molar-refractivity contribution in [1.29, 1.82) is 0 Å². The molecule has 0 radical (unpaired) electrons. The second-order valence-electron chi connectivity index (χ2n) is 10.6. The van der Waals surface area contributed by atoms with E-state index in [1.807, 2.05) is 30.3 Å². The van der Waals surface area contributed by atoms with E-state index in [4.69, 9.17) is 4.74 Å². The number of piperidine rings is 1. The predicted octanol–water partition coefficient (Wildman–Crippen LogP) is 5.43. The number of ether oxygens (including phenoxy) is 1. The maximum atomic E-state index is 14.2. The number of aliphatic hydroxyl groups excluding tert-OH is 1. The van der Waals surface area contributed by atoms with Gasteiger partial charge in [-0.15, -0.1) is 0 Å². The lowest BCUT2D eigenvalue weighted by Gasteiger charge is -2.50. The lowest BCUT2D eigenvalue weighted by molar-refractivity contribution is 0.0495. The third-order valence-corrected chi connectivity index (χ3v) is 8.37. The minimum absolute atomic E-state index is 0.00294. The van der Waals surface area contributed by atoms with Crippen LogP contribution in [0, 0.1) is 5.82 Å². The zero-order valence-corrected chi connectivity index (χ0v) is 22.0. The molecule has 0 saturated carbocycles. The van der Waals surface area contributed by atoms with Crippen molar-refractivity contribution in [2.24, 2.45) is 0 Å². The van der Waals surface area contributed by atoms with Gasteiger partial charge in [0.1, 0.15) is 11.6 Å². The number of aromatic amines is 1. The highest BCUT2D eigenvalue weighted by Crippen LogP contribution is 2.49. The molecule has 3 heterocycles. The highest BCUT2D eigenvalue weighted by molar-refractivity contribution is 5.90. The minimum Gasteiger partial charge on any atom is -0.497 e. The van der Waals surface area contributed by atoms with Crippen molar-refractivity contribution in [3.8, 4) is 5.75 Å². The highest BCUT2D eigenvalue weighted by Gasteiger charge is 2.47. The van der Waals surface area contributed by atoms with Crippen LogP contribution in [0.5, 0.6) is 5.75 Å². The van der Waals surface area contributed by atoms with Crippen LogP contribution in [0.1, 0.15) is 35.7 Å². The van der Waals surface area contributed by atoms with E-state index in [1.165, 1.54) is 17.2 Å². The second-order valence-corrected chi connectivity index (χ2v) is 10.6. The predicted molar refractivity (Wildman–Crippen MR) is 149 cm³/mol. The number of anilines is 1. The summed E-state index contributed by atoms with van der Waals surface area (Å²) in [5.41, 5.74) is 4.42. The number of hydrogen-bond acceptors (Lipinski definition) is 4. The summed E-state index contributed by atoms with van der Waals surface area (Å²) in [5, 5.41) is 14.5. The molecule has 8 heteroatoms. The van der Waals surface area contributed by atoms with Crippen molar-refractivity contribution < 1.29 is 19.0 Å². The summed E-state index contributed by atoms with van der Waals surface area (Å²) < 4.78 is 19.6. The zero-order valence-electron chi connectivity index (χ0n) is 22.0. The number of nitrogens with zero attached hydrogens (tertiary/aromatic N) is 2. The number of hydrogen-bond donors (Lipinski definition) is 3. The maximum Gasteiger partial charge on any atom is 0.321 e. The summed E-state index contributed by atoms with van der Waals surface area (Å²) >= 11 is 0. The SMILES string of the molecule is COc1ccc2c3c([nH]c2c1)[C@H](CO)N(Cc1ccccc1)CC31CCN(C(=O)Nc2ccccc2F)CC1. The summed E-state index contributed by atoms with van der Waals surface area (Å²) in [4.78, 5) is 20.8. The first-order chi connectivity index (χ1) is 19.0. The molecule has 1 spiro atoms. The Hall–Kier alpha value is -3.88. The molecule has 0 bridgehead atoms. The Labute approximate surface area is 227 Å². The van der Waals surface area contributed by atoms with E-state index in [-0.39, 0.29) is 29.8 Å². The van der Waals surface area contributed by atoms with E-state index < -0.39 is 5.82 Å². The Bertz CT molecular complexity index is 1480. The molecule has 1 atom stereocenters. The van der Waals surface area contributed by atoms with E-state index >= 15 is 0 Å². The van der Waals surface area contributed by atoms with E-state index in [1.54, 1.807) is 30.2 Å². The molecule has 3 aromatic carbocycles. The number of carbonyl (C=O) groups is 1. The van der Waals surface area contributed by atoms with Crippen LogP contribution in [-0.2, 0) is 12.0 Å². The molecule has 2 aliphatic heterocycles. The molecule has 2 amide bonds. The van der Waals surface area contributed by atoms with Crippen molar-refractivity contribution in [2.75, 3.05) is 38.7 Å². The van der Waals surface area contributed by atoms with Crippen molar-refractivity contribution in [1.82, 2.24) is 14.8 Å². The molecule has 1 saturated heterocycles. The number of carbonyl (C=O) groups excluding carboxylic acids is 1. The fourth-order valence-corrected chi connectivity index (χ4v) is 6.40. The smallest absolute Gasteiger partial charge is 0.321 e. The van der Waals surface area contributed by atoms with Crippen LogP contribution in [-0.4, -0.2) is 59.3 Å². The van der Waals surface area contributed by atoms with Gasteiger partial charge in [0.25, 0.3) is 0 Å². The van der Waals surface area contributed by atoms with E-state index in [9.17, 15) is 14.3 Å². The molecule has 7 nitrogen and oxygen atoms in total. The fraction of sp³-hybridized carbons (Fsp3) is 0.323. The fourth-order valence-electron chi connectivity index (χ4n) is 6.40. The van der Waals surface area contributed by atoms with Gasteiger partial charge in [-0.3, -0.25) is 4.90 Å². The van der Waals surface area contributed by atoms with Crippen LogP contribution in [0.4, 0.5) is 14.9 Å². The molecule has 202 valence electrons. The van der Waals surface area contributed by atoms with Gasteiger partial charge in [-0.2, -0.15) is 0 Å². The summed E-state index contributed by atoms with van der Waals surface area (Å²) in [5.74, 6) is 0.327.